The van der Waals surface area contributed by atoms with Gasteiger partial charge < -0.3 is 4.90 Å². The minimum absolute atomic E-state index is 0.0148. The van der Waals surface area contributed by atoms with E-state index in [1.54, 1.807) is 29.4 Å². The Balaban J connectivity index is 1.90. The summed E-state index contributed by atoms with van der Waals surface area (Å²) in [7, 11) is 0. The largest absolute Gasteiger partial charge is 0.332 e. The Hall–Kier alpha value is -2.11. The molecular formula is C20H22Cl2N4O. The van der Waals surface area contributed by atoms with E-state index in [1.165, 1.54) is 0 Å². The smallest absolute Gasteiger partial charge is 0.255 e. The molecule has 3 rings (SSSR count). The lowest BCUT2D eigenvalue weighted by Crippen LogP contribution is -2.36. The Morgan fingerprint density at radius 2 is 1.85 bits per heavy atom. The molecule has 1 aromatic carbocycles. The van der Waals surface area contributed by atoms with Crippen LogP contribution in [0.4, 0.5) is 0 Å². The van der Waals surface area contributed by atoms with E-state index >= 15 is 0 Å². The van der Waals surface area contributed by atoms with Crippen molar-refractivity contribution in [3.05, 3.63) is 57.8 Å². The number of carbonyl (C=O) groups is 1. The van der Waals surface area contributed by atoms with Crippen LogP contribution >= 0.6 is 23.2 Å². The predicted molar refractivity (Wildman–Crippen MR) is 109 cm³/mol. The summed E-state index contributed by atoms with van der Waals surface area (Å²) < 4.78 is 1.85. The van der Waals surface area contributed by atoms with Crippen molar-refractivity contribution in [2.75, 3.05) is 0 Å². The van der Waals surface area contributed by atoms with Crippen LogP contribution in [-0.4, -0.2) is 31.6 Å². The fourth-order valence-corrected chi connectivity index (χ4v) is 3.25. The molecule has 5 nitrogen and oxygen atoms in total. The summed E-state index contributed by atoms with van der Waals surface area (Å²) in [6.07, 6.45) is 3.37. The average Bonchev–Trinajstić information content (AvgIpc) is 3.05. The van der Waals surface area contributed by atoms with E-state index in [1.807, 2.05) is 44.5 Å². The monoisotopic (exact) mass is 404 g/mol. The van der Waals surface area contributed by atoms with Crippen LogP contribution in [0.3, 0.4) is 0 Å². The SMILES string of the molecule is CC(C)N(Cc1ccc(Cl)c(Cl)c1)C(=O)c1cnc2c(cnn2C(C)C)c1. The Bertz CT molecular complexity index is 981. The van der Waals surface area contributed by atoms with Gasteiger partial charge >= 0.3 is 0 Å². The van der Waals surface area contributed by atoms with E-state index in [0.29, 0.717) is 22.2 Å². The number of carbonyl (C=O) groups excluding carboxylic acids is 1. The number of fused-ring (bicyclic) bond motifs is 1. The number of nitrogens with zero attached hydrogens (tertiary/aromatic N) is 4. The summed E-state index contributed by atoms with van der Waals surface area (Å²) in [5.74, 6) is -0.0808. The second-order valence-electron chi connectivity index (χ2n) is 7.09. The van der Waals surface area contributed by atoms with Gasteiger partial charge in [0, 0.05) is 30.2 Å². The summed E-state index contributed by atoms with van der Waals surface area (Å²) in [6.45, 7) is 8.50. The first-order valence-electron chi connectivity index (χ1n) is 8.86. The van der Waals surface area contributed by atoms with Crippen LogP contribution in [0.5, 0.6) is 0 Å². The molecular weight excluding hydrogens is 383 g/mol. The molecule has 2 heterocycles. The Kier molecular flexibility index (Phi) is 5.72. The highest BCUT2D eigenvalue weighted by Gasteiger charge is 2.21. The van der Waals surface area contributed by atoms with Gasteiger partial charge in [0.05, 0.1) is 21.8 Å². The van der Waals surface area contributed by atoms with E-state index in [-0.39, 0.29) is 18.0 Å². The van der Waals surface area contributed by atoms with Gasteiger partial charge in [0.25, 0.3) is 5.91 Å². The van der Waals surface area contributed by atoms with E-state index in [4.69, 9.17) is 23.2 Å². The Morgan fingerprint density at radius 1 is 1.11 bits per heavy atom. The molecule has 2 aromatic heterocycles. The highest BCUT2D eigenvalue weighted by molar-refractivity contribution is 6.42. The van der Waals surface area contributed by atoms with Crippen molar-refractivity contribution in [1.29, 1.82) is 0 Å². The van der Waals surface area contributed by atoms with Gasteiger partial charge in [-0.15, -0.1) is 0 Å². The molecule has 0 radical (unpaired) electrons. The van der Waals surface area contributed by atoms with Gasteiger partial charge in [-0.2, -0.15) is 5.10 Å². The van der Waals surface area contributed by atoms with Crippen LogP contribution in [0, 0.1) is 0 Å². The molecule has 0 saturated heterocycles. The van der Waals surface area contributed by atoms with Crippen LogP contribution in [0.1, 0.15) is 49.7 Å². The Labute approximate surface area is 168 Å². The number of benzene rings is 1. The number of hydrogen-bond donors (Lipinski definition) is 0. The van der Waals surface area contributed by atoms with Crippen LogP contribution < -0.4 is 0 Å². The lowest BCUT2D eigenvalue weighted by molar-refractivity contribution is 0.0690. The van der Waals surface area contributed by atoms with E-state index < -0.39 is 0 Å². The van der Waals surface area contributed by atoms with Gasteiger partial charge in [-0.25, -0.2) is 9.67 Å². The normalized spacial score (nSPS) is 11.6. The molecule has 0 aliphatic heterocycles. The fraction of sp³-hybridized carbons (Fsp3) is 0.350. The molecule has 142 valence electrons. The second kappa shape index (κ2) is 7.87. The van der Waals surface area contributed by atoms with Gasteiger partial charge in [-0.3, -0.25) is 4.79 Å². The van der Waals surface area contributed by atoms with Gasteiger partial charge in [0.15, 0.2) is 5.65 Å². The standard InChI is InChI=1S/C20H22Cl2N4O/c1-12(2)25(11-14-5-6-17(21)18(22)7-14)20(27)16-8-15-10-24-26(13(3)4)19(15)23-9-16/h5-10,12-13H,11H2,1-4H3. The lowest BCUT2D eigenvalue weighted by Gasteiger charge is -2.27. The molecule has 7 heteroatoms. The van der Waals surface area contributed by atoms with Crippen molar-refractivity contribution in [3.63, 3.8) is 0 Å². The summed E-state index contributed by atoms with van der Waals surface area (Å²) in [6, 6.07) is 7.49. The quantitative estimate of drug-likeness (QED) is 0.574. The molecule has 0 spiro atoms. The van der Waals surface area contributed by atoms with E-state index in [9.17, 15) is 4.79 Å². The first-order chi connectivity index (χ1) is 12.8. The molecule has 3 aromatic rings. The fourth-order valence-electron chi connectivity index (χ4n) is 2.92. The van der Waals surface area contributed by atoms with Crippen molar-refractivity contribution in [1.82, 2.24) is 19.7 Å². The maximum atomic E-state index is 13.1. The van der Waals surface area contributed by atoms with Crippen molar-refractivity contribution in [2.45, 2.75) is 46.3 Å². The number of aromatic nitrogens is 3. The summed E-state index contributed by atoms with van der Waals surface area (Å²) in [5.41, 5.74) is 2.25. The summed E-state index contributed by atoms with van der Waals surface area (Å²) in [5, 5.41) is 6.20. The molecule has 0 fully saturated rings. The number of pyridine rings is 1. The zero-order chi connectivity index (χ0) is 19.7. The lowest BCUT2D eigenvalue weighted by atomic mass is 10.1. The molecule has 0 atom stereocenters. The topological polar surface area (TPSA) is 51.0 Å². The van der Waals surface area contributed by atoms with Crippen molar-refractivity contribution in [2.24, 2.45) is 0 Å². The molecule has 27 heavy (non-hydrogen) atoms. The average molecular weight is 405 g/mol. The maximum Gasteiger partial charge on any atom is 0.255 e. The number of amides is 1. The zero-order valence-corrected chi connectivity index (χ0v) is 17.3. The number of halogens is 2. The summed E-state index contributed by atoms with van der Waals surface area (Å²) >= 11 is 12.1. The highest BCUT2D eigenvalue weighted by Crippen LogP contribution is 2.24. The molecule has 0 bridgehead atoms. The van der Waals surface area contributed by atoms with Crippen LogP contribution in [0.25, 0.3) is 11.0 Å². The third-order valence-corrected chi connectivity index (χ3v) is 5.13. The van der Waals surface area contributed by atoms with Gasteiger partial charge in [0.1, 0.15) is 0 Å². The molecule has 0 aliphatic rings. The van der Waals surface area contributed by atoms with Gasteiger partial charge in [-0.1, -0.05) is 29.3 Å². The minimum atomic E-state index is -0.0808. The third-order valence-electron chi connectivity index (χ3n) is 4.39. The summed E-state index contributed by atoms with van der Waals surface area (Å²) in [4.78, 5) is 19.4. The highest BCUT2D eigenvalue weighted by atomic mass is 35.5. The predicted octanol–water partition coefficient (Wildman–Crippen LogP) is 5.37. The first kappa shape index (κ1) is 19.6. The van der Waals surface area contributed by atoms with E-state index in [0.717, 1.165) is 16.6 Å². The van der Waals surface area contributed by atoms with Crippen molar-refractivity contribution >= 4 is 40.1 Å². The Morgan fingerprint density at radius 3 is 2.48 bits per heavy atom. The molecule has 0 N–H and O–H groups in total. The van der Waals surface area contributed by atoms with Crippen LogP contribution in [-0.2, 0) is 6.54 Å². The number of rotatable bonds is 5. The molecule has 0 aliphatic carbocycles. The first-order valence-corrected chi connectivity index (χ1v) is 9.61. The zero-order valence-electron chi connectivity index (χ0n) is 15.8. The van der Waals surface area contributed by atoms with Gasteiger partial charge in [0.2, 0.25) is 0 Å². The van der Waals surface area contributed by atoms with Crippen molar-refractivity contribution < 1.29 is 4.79 Å². The second-order valence-corrected chi connectivity index (χ2v) is 7.91. The maximum absolute atomic E-state index is 13.1. The number of hydrogen-bond acceptors (Lipinski definition) is 3. The van der Waals surface area contributed by atoms with Gasteiger partial charge in [-0.05, 0) is 51.5 Å². The molecule has 1 amide bonds. The van der Waals surface area contributed by atoms with Crippen molar-refractivity contribution in [3.8, 4) is 0 Å². The molecule has 0 saturated carbocycles. The van der Waals surface area contributed by atoms with E-state index in [2.05, 4.69) is 10.1 Å². The van der Waals surface area contributed by atoms with Crippen LogP contribution in [0.2, 0.25) is 10.0 Å². The van der Waals surface area contributed by atoms with Crippen LogP contribution in [0.15, 0.2) is 36.7 Å². The molecule has 0 unspecified atom stereocenters. The third kappa shape index (κ3) is 4.09. The minimum Gasteiger partial charge on any atom is -0.332 e.